The van der Waals surface area contributed by atoms with E-state index < -0.39 is 12.3 Å². The van der Waals surface area contributed by atoms with Crippen LogP contribution in [0.3, 0.4) is 0 Å². The molecule has 1 saturated carbocycles. The Morgan fingerprint density at radius 1 is 1.24 bits per heavy atom. The first kappa shape index (κ1) is 21.6. The Labute approximate surface area is 189 Å². The number of carbonyl (C=O) groups is 1. The summed E-state index contributed by atoms with van der Waals surface area (Å²) in [4.78, 5) is 21.3. The fourth-order valence-electron chi connectivity index (χ4n) is 4.88. The smallest absolute Gasteiger partial charge is 0.407 e. The number of aromatic nitrogens is 4. The molecule has 174 valence electrons. The van der Waals surface area contributed by atoms with E-state index in [0.29, 0.717) is 31.6 Å². The number of rotatable bonds is 4. The van der Waals surface area contributed by atoms with E-state index in [9.17, 15) is 15.0 Å². The SMILES string of the molecule is COc1nc(-n2ncc3cc(C)c(C4CCN(C(=O)O)CC4F)cc32)cc([C@H]2C[C@H](O)C2)n1. The van der Waals surface area contributed by atoms with Crippen molar-refractivity contribution in [3.8, 4) is 11.8 Å². The van der Waals surface area contributed by atoms with Crippen LogP contribution >= 0.6 is 0 Å². The summed E-state index contributed by atoms with van der Waals surface area (Å²) < 4.78 is 22.0. The first-order valence-electron chi connectivity index (χ1n) is 11.1. The van der Waals surface area contributed by atoms with Gasteiger partial charge in [0, 0.05) is 29.8 Å². The minimum absolute atomic E-state index is 0.129. The van der Waals surface area contributed by atoms with Gasteiger partial charge in [0.1, 0.15) is 6.17 Å². The quantitative estimate of drug-likeness (QED) is 0.621. The van der Waals surface area contributed by atoms with Gasteiger partial charge in [-0.05, 0) is 49.4 Å². The van der Waals surface area contributed by atoms with Gasteiger partial charge in [-0.25, -0.2) is 13.9 Å². The molecular weight excluding hydrogens is 429 g/mol. The molecule has 1 aliphatic carbocycles. The predicted octanol–water partition coefficient (Wildman–Crippen LogP) is 3.18. The van der Waals surface area contributed by atoms with Crippen molar-refractivity contribution in [3.05, 3.63) is 41.2 Å². The molecule has 0 radical (unpaired) electrons. The molecule has 1 aromatic carbocycles. The number of likely N-dealkylation sites (tertiary alicyclic amines) is 1. The predicted molar refractivity (Wildman–Crippen MR) is 118 cm³/mol. The van der Waals surface area contributed by atoms with Crippen LogP contribution in [0.2, 0.25) is 0 Å². The molecule has 2 aliphatic rings. The maximum Gasteiger partial charge on any atom is 0.407 e. The van der Waals surface area contributed by atoms with E-state index in [2.05, 4.69) is 15.1 Å². The van der Waals surface area contributed by atoms with E-state index in [1.165, 1.54) is 7.11 Å². The molecule has 2 aromatic heterocycles. The molecule has 1 aliphatic heterocycles. The van der Waals surface area contributed by atoms with Crippen LogP contribution in [-0.2, 0) is 0 Å². The molecule has 5 rings (SSSR count). The van der Waals surface area contributed by atoms with Crippen LogP contribution in [0.15, 0.2) is 24.4 Å². The number of hydrogen-bond donors (Lipinski definition) is 2. The molecule has 1 saturated heterocycles. The molecule has 10 heteroatoms. The minimum Gasteiger partial charge on any atom is -0.467 e. The van der Waals surface area contributed by atoms with E-state index in [1.807, 2.05) is 25.1 Å². The summed E-state index contributed by atoms with van der Waals surface area (Å²) in [6.45, 7) is 2.11. The van der Waals surface area contributed by atoms with Gasteiger partial charge in [-0.15, -0.1) is 0 Å². The molecule has 1 amide bonds. The zero-order valence-corrected chi connectivity index (χ0v) is 18.5. The van der Waals surface area contributed by atoms with Gasteiger partial charge in [0.2, 0.25) is 0 Å². The van der Waals surface area contributed by atoms with Crippen molar-refractivity contribution in [1.29, 1.82) is 0 Å². The van der Waals surface area contributed by atoms with Crippen LogP contribution in [0, 0.1) is 6.92 Å². The Morgan fingerprint density at radius 2 is 2.03 bits per heavy atom. The second-order valence-electron chi connectivity index (χ2n) is 8.92. The van der Waals surface area contributed by atoms with E-state index in [0.717, 1.165) is 32.6 Å². The Bertz CT molecular complexity index is 1210. The lowest BCUT2D eigenvalue weighted by Gasteiger charge is -2.34. The van der Waals surface area contributed by atoms with Crippen molar-refractivity contribution >= 4 is 17.0 Å². The van der Waals surface area contributed by atoms with E-state index in [1.54, 1.807) is 10.9 Å². The highest BCUT2D eigenvalue weighted by Gasteiger charge is 2.34. The molecule has 3 aromatic rings. The number of methoxy groups -OCH3 is 1. The molecule has 3 heterocycles. The van der Waals surface area contributed by atoms with Gasteiger partial charge in [0.25, 0.3) is 0 Å². The molecule has 2 fully saturated rings. The number of alkyl halides is 1. The van der Waals surface area contributed by atoms with Crippen molar-refractivity contribution < 1.29 is 24.1 Å². The third-order valence-electron chi connectivity index (χ3n) is 6.81. The van der Waals surface area contributed by atoms with Crippen molar-refractivity contribution in [1.82, 2.24) is 24.6 Å². The van der Waals surface area contributed by atoms with Gasteiger partial charge in [-0.3, -0.25) is 0 Å². The van der Waals surface area contributed by atoms with Gasteiger partial charge >= 0.3 is 12.1 Å². The van der Waals surface area contributed by atoms with Crippen molar-refractivity contribution in [2.75, 3.05) is 20.2 Å². The summed E-state index contributed by atoms with van der Waals surface area (Å²) in [6.07, 6.45) is 0.783. The average molecular weight is 455 g/mol. The van der Waals surface area contributed by atoms with Crippen LogP contribution < -0.4 is 4.74 Å². The molecule has 2 unspecified atom stereocenters. The van der Waals surface area contributed by atoms with Gasteiger partial charge < -0.3 is 19.8 Å². The molecular formula is C23H26FN5O4. The molecule has 0 spiro atoms. The first-order chi connectivity index (χ1) is 15.8. The van der Waals surface area contributed by atoms with Crippen LogP contribution in [-0.4, -0.2) is 73.4 Å². The number of ether oxygens (including phenoxy) is 1. The van der Waals surface area contributed by atoms with Crippen molar-refractivity contribution in [2.24, 2.45) is 0 Å². The Morgan fingerprint density at radius 3 is 2.70 bits per heavy atom. The van der Waals surface area contributed by atoms with Gasteiger partial charge in [0.15, 0.2) is 5.82 Å². The molecule has 0 bridgehead atoms. The second-order valence-corrected chi connectivity index (χ2v) is 8.92. The van der Waals surface area contributed by atoms with Gasteiger partial charge in [0.05, 0.1) is 37.2 Å². The number of aliphatic hydroxyl groups excluding tert-OH is 1. The van der Waals surface area contributed by atoms with Crippen LogP contribution in [0.25, 0.3) is 16.7 Å². The number of fused-ring (bicyclic) bond motifs is 1. The van der Waals surface area contributed by atoms with E-state index in [-0.39, 0.29) is 30.5 Å². The third-order valence-corrected chi connectivity index (χ3v) is 6.81. The highest BCUT2D eigenvalue weighted by Crippen LogP contribution is 2.38. The molecule has 33 heavy (non-hydrogen) atoms. The third kappa shape index (κ3) is 3.88. The van der Waals surface area contributed by atoms with E-state index in [4.69, 9.17) is 4.74 Å². The number of aryl methyl sites for hydroxylation is 1. The summed E-state index contributed by atoms with van der Waals surface area (Å²) in [6, 6.07) is 6.00. The van der Waals surface area contributed by atoms with Crippen LogP contribution in [0.1, 0.15) is 47.9 Å². The van der Waals surface area contributed by atoms with Gasteiger partial charge in [-0.1, -0.05) is 0 Å². The van der Waals surface area contributed by atoms with Crippen molar-refractivity contribution in [3.63, 3.8) is 0 Å². The number of halogens is 1. The summed E-state index contributed by atoms with van der Waals surface area (Å²) in [5, 5.41) is 24.3. The maximum atomic E-state index is 15.0. The Kier molecular flexibility index (Phi) is 5.40. The maximum absolute atomic E-state index is 15.0. The lowest BCUT2D eigenvalue weighted by Crippen LogP contribution is -2.43. The molecule has 9 nitrogen and oxygen atoms in total. The molecule has 2 N–H and O–H groups in total. The second kappa shape index (κ2) is 8.26. The summed E-state index contributed by atoms with van der Waals surface area (Å²) >= 11 is 0. The number of amides is 1. The molecule has 2 atom stereocenters. The van der Waals surface area contributed by atoms with Gasteiger partial charge in [-0.2, -0.15) is 15.1 Å². The number of carboxylic acid groups (broad SMARTS) is 1. The zero-order valence-electron chi connectivity index (χ0n) is 18.5. The normalized spacial score (nSPS) is 25.2. The fraction of sp³-hybridized carbons (Fsp3) is 0.478. The summed E-state index contributed by atoms with van der Waals surface area (Å²) in [5.41, 5.74) is 3.37. The fourth-order valence-corrected chi connectivity index (χ4v) is 4.88. The lowest BCUT2D eigenvalue weighted by molar-refractivity contribution is 0.0729. The van der Waals surface area contributed by atoms with Crippen molar-refractivity contribution in [2.45, 2.75) is 50.3 Å². The highest BCUT2D eigenvalue weighted by atomic mass is 19.1. The summed E-state index contributed by atoms with van der Waals surface area (Å²) in [5.74, 6) is 0.294. The highest BCUT2D eigenvalue weighted by molar-refractivity contribution is 5.82. The minimum atomic E-state index is -1.28. The van der Waals surface area contributed by atoms with Crippen LogP contribution in [0.5, 0.6) is 6.01 Å². The standard InChI is InChI=1S/C23H26FN5O4/c1-12-5-14-10-25-29(21-9-19(13-6-15(30)7-13)26-22(27-21)33-2)20(14)8-17(12)16-3-4-28(23(31)32)11-18(16)24/h5,8-10,13,15-16,18,30H,3-4,6-7,11H2,1-2H3,(H,31,32)/t13-,15-,16?,18?. The Balaban J connectivity index is 1.53. The summed E-state index contributed by atoms with van der Waals surface area (Å²) in [7, 11) is 1.51. The average Bonchev–Trinajstić information content (AvgIpc) is 3.18. The van der Waals surface area contributed by atoms with Crippen LogP contribution in [0.4, 0.5) is 9.18 Å². The monoisotopic (exact) mass is 455 g/mol. The zero-order chi connectivity index (χ0) is 23.3. The number of aliphatic hydroxyl groups is 1. The largest absolute Gasteiger partial charge is 0.467 e. The Hall–Kier alpha value is -3.27. The number of nitrogens with zero attached hydrogens (tertiary/aromatic N) is 5. The number of benzene rings is 1. The number of hydrogen-bond acceptors (Lipinski definition) is 6. The van der Waals surface area contributed by atoms with E-state index >= 15 is 4.39 Å². The first-order valence-corrected chi connectivity index (χ1v) is 11.1. The number of piperidine rings is 1. The lowest BCUT2D eigenvalue weighted by atomic mass is 9.80. The topological polar surface area (TPSA) is 114 Å².